The monoisotopic (exact) mass is 319 g/mol. The lowest BCUT2D eigenvalue weighted by molar-refractivity contribution is 0.0698. The Kier molecular flexibility index (Phi) is 3.69. The zero-order valence-electron chi connectivity index (χ0n) is 9.07. The van der Waals surface area contributed by atoms with Crippen LogP contribution in [0.15, 0.2) is 28.6 Å². The number of carbonyl (C=O) groups is 1. The first kappa shape index (κ1) is 13.7. The summed E-state index contributed by atoms with van der Waals surface area (Å²) in [5.41, 5.74) is 0. The van der Waals surface area contributed by atoms with E-state index in [0.717, 1.165) is 11.3 Å². The average molecular weight is 320 g/mol. The molecule has 0 saturated heterocycles. The first-order valence-corrected chi connectivity index (χ1v) is 7.46. The molecule has 0 aliphatic carbocycles. The summed E-state index contributed by atoms with van der Waals surface area (Å²) >= 11 is 6.41. The molecule has 0 spiro atoms. The van der Waals surface area contributed by atoms with Crippen molar-refractivity contribution < 1.29 is 18.3 Å². The van der Waals surface area contributed by atoms with Crippen molar-refractivity contribution in [2.75, 3.05) is 4.72 Å². The predicted molar refractivity (Wildman–Crippen MR) is 69.1 cm³/mol. The van der Waals surface area contributed by atoms with Crippen LogP contribution < -0.4 is 4.72 Å². The molecule has 0 unspecified atom stereocenters. The zero-order valence-corrected chi connectivity index (χ0v) is 11.5. The van der Waals surface area contributed by atoms with Crippen LogP contribution in [0.25, 0.3) is 0 Å². The van der Waals surface area contributed by atoms with Crippen molar-refractivity contribution in [1.82, 2.24) is 9.97 Å². The minimum Gasteiger partial charge on any atom is -0.477 e. The molecule has 2 rings (SSSR count). The molecular weight excluding hydrogens is 314 g/mol. The number of anilines is 1. The number of thiophene rings is 1. The number of nitrogens with one attached hydrogen (secondary N) is 1. The van der Waals surface area contributed by atoms with Crippen LogP contribution in [-0.4, -0.2) is 29.5 Å². The molecule has 2 heterocycles. The number of aromatic nitrogens is 2. The molecule has 0 saturated carbocycles. The van der Waals surface area contributed by atoms with Gasteiger partial charge in [-0.1, -0.05) is 11.6 Å². The second-order valence-corrected chi connectivity index (χ2v) is 6.18. The van der Waals surface area contributed by atoms with Gasteiger partial charge in [0.15, 0.2) is 0 Å². The van der Waals surface area contributed by atoms with Gasteiger partial charge in [0.1, 0.15) is 14.9 Å². The Bertz CT molecular complexity index is 729. The molecule has 0 aliphatic rings. The van der Waals surface area contributed by atoms with Crippen LogP contribution in [0, 0.1) is 0 Å². The Morgan fingerprint density at radius 1 is 1.42 bits per heavy atom. The van der Waals surface area contributed by atoms with Gasteiger partial charge >= 0.3 is 5.97 Å². The van der Waals surface area contributed by atoms with E-state index in [2.05, 4.69) is 14.7 Å². The number of hydrogen-bond acceptors (Lipinski definition) is 6. The highest BCUT2D eigenvalue weighted by Gasteiger charge is 2.24. The number of sulfonamides is 1. The number of halogens is 1. The summed E-state index contributed by atoms with van der Waals surface area (Å²) in [6, 6.07) is 2.58. The van der Waals surface area contributed by atoms with E-state index in [1.165, 1.54) is 23.7 Å². The minimum atomic E-state index is -4.07. The van der Waals surface area contributed by atoms with E-state index in [1.54, 1.807) is 0 Å². The normalized spacial score (nSPS) is 11.2. The van der Waals surface area contributed by atoms with Crippen molar-refractivity contribution >= 4 is 44.9 Å². The molecule has 19 heavy (non-hydrogen) atoms. The smallest absolute Gasteiger partial charge is 0.347 e. The Labute approximate surface area is 117 Å². The Morgan fingerprint density at radius 3 is 2.79 bits per heavy atom. The largest absolute Gasteiger partial charge is 0.477 e. The summed E-state index contributed by atoms with van der Waals surface area (Å²) in [6.07, 6.45) is 1.28. The fourth-order valence-corrected chi connectivity index (χ4v) is 3.57. The van der Waals surface area contributed by atoms with Crippen LogP contribution in [0.2, 0.25) is 5.15 Å². The quantitative estimate of drug-likeness (QED) is 0.830. The van der Waals surface area contributed by atoms with E-state index in [9.17, 15) is 13.2 Å². The standard InChI is InChI=1S/C9H6ClN3O4S2/c10-6-1-3-11-9(12-6)13-19(16,17)5-2-4-18-7(5)8(14)15/h1-4H,(H,14,15)(H,11,12,13). The molecular formula is C9H6ClN3O4S2. The molecule has 0 radical (unpaired) electrons. The predicted octanol–water partition coefficient (Wildman–Crippen LogP) is 1.69. The number of carboxylic acid groups (broad SMARTS) is 1. The van der Waals surface area contributed by atoms with Gasteiger partial charge in [-0.05, 0) is 17.5 Å². The van der Waals surface area contributed by atoms with Gasteiger partial charge < -0.3 is 5.11 Å². The lowest BCUT2D eigenvalue weighted by Crippen LogP contribution is -2.16. The second-order valence-electron chi connectivity index (χ2n) is 3.23. The third-order valence-corrected chi connectivity index (χ3v) is 4.57. The van der Waals surface area contributed by atoms with Crippen LogP contribution in [-0.2, 0) is 10.0 Å². The fourth-order valence-electron chi connectivity index (χ4n) is 1.23. The van der Waals surface area contributed by atoms with E-state index in [1.807, 2.05) is 0 Å². The zero-order chi connectivity index (χ0) is 14.0. The van der Waals surface area contributed by atoms with Gasteiger partial charge in [-0.3, -0.25) is 0 Å². The van der Waals surface area contributed by atoms with Crippen LogP contribution in [0.1, 0.15) is 9.67 Å². The minimum absolute atomic E-state index is 0.0662. The van der Waals surface area contributed by atoms with Gasteiger partial charge in [0.2, 0.25) is 5.95 Å². The van der Waals surface area contributed by atoms with Crippen molar-refractivity contribution in [1.29, 1.82) is 0 Å². The SMILES string of the molecule is O=C(O)c1sccc1S(=O)(=O)Nc1nccc(Cl)n1. The van der Waals surface area contributed by atoms with Gasteiger partial charge in [-0.15, -0.1) is 11.3 Å². The van der Waals surface area contributed by atoms with Crippen molar-refractivity contribution in [3.63, 3.8) is 0 Å². The highest BCUT2D eigenvalue weighted by Crippen LogP contribution is 2.23. The molecule has 0 amide bonds. The van der Waals surface area contributed by atoms with Crippen LogP contribution >= 0.6 is 22.9 Å². The van der Waals surface area contributed by atoms with Gasteiger partial charge in [-0.2, -0.15) is 0 Å². The van der Waals surface area contributed by atoms with Crippen molar-refractivity contribution in [3.8, 4) is 0 Å². The van der Waals surface area contributed by atoms with E-state index < -0.39 is 16.0 Å². The van der Waals surface area contributed by atoms with Crippen LogP contribution in [0.3, 0.4) is 0 Å². The Balaban J connectivity index is 2.38. The molecule has 0 fully saturated rings. The highest BCUT2D eigenvalue weighted by molar-refractivity contribution is 7.93. The molecule has 100 valence electrons. The lowest BCUT2D eigenvalue weighted by atomic mass is 10.5. The summed E-state index contributed by atoms with van der Waals surface area (Å²) < 4.78 is 26.1. The van der Waals surface area contributed by atoms with Gasteiger partial charge in [-0.25, -0.2) is 27.9 Å². The number of hydrogen-bond donors (Lipinski definition) is 2. The van der Waals surface area contributed by atoms with E-state index >= 15 is 0 Å². The summed E-state index contributed by atoms with van der Waals surface area (Å²) in [6.45, 7) is 0. The number of nitrogens with zero attached hydrogens (tertiary/aromatic N) is 2. The summed E-state index contributed by atoms with van der Waals surface area (Å²) in [5, 5.41) is 10.3. The summed E-state index contributed by atoms with van der Waals surface area (Å²) in [4.78, 5) is 17.6. The maximum Gasteiger partial charge on any atom is 0.347 e. The Morgan fingerprint density at radius 2 is 2.16 bits per heavy atom. The van der Waals surface area contributed by atoms with Gasteiger partial charge in [0.05, 0.1) is 0 Å². The maximum atomic E-state index is 12.0. The molecule has 7 nitrogen and oxygen atoms in total. The van der Waals surface area contributed by atoms with Crippen molar-refractivity contribution in [2.45, 2.75) is 4.90 Å². The lowest BCUT2D eigenvalue weighted by Gasteiger charge is -2.05. The maximum absolute atomic E-state index is 12.0. The van der Waals surface area contributed by atoms with Crippen molar-refractivity contribution in [3.05, 3.63) is 33.7 Å². The van der Waals surface area contributed by atoms with Gasteiger partial charge in [0, 0.05) is 6.20 Å². The molecule has 10 heteroatoms. The Hall–Kier alpha value is -1.71. The topological polar surface area (TPSA) is 109 Å². The van der Waals surface area contributed by atoms with Crippen LogP contribution in [0.5, 0.6) is 0 Å². The number of aromatic carboxylic acids is 1. The number of rotatable bonds is 4. The van der Waals surface area contributed by atoms with E-state index in [4.69, 9.17) is 16.7 Å². The molecule has 2 aromatic rings. The molecule has 0 aromatic carbocycles. The summed E-state index contributed by atoms with van der Waals surface area (Å²) in [5.74, 6) is -1.54. The third kappa shape index (κ3) is 3.00. The molecule has 2 aromatic heterocycles. The van der Waals surface area contributed by atoms with Gasteiger partial charge in [0.25, 0.3) is 10.0 Å². The average Bonchev–Trinajstić information content (AvgIpc) is 2.77. The molecule has 0 aliphatic heterocycles. The molecule has 0 bridgehead atoms. The van der Waals surface area contributed by atoms with E-state index in [0.29, 0.717) is 0 Å². The van der Waals surface area contributed by atoms with E-state index in [-0.39, 0.29) is 20.9 Å². The first-order chi connectivity index (χ1) is 8.90. The molecule has 2 N–H and O–H groups in total. The molecule has 0 atom stereocenters. The van der Waals surface area contributed by atoms with Crippen LogP contribution in [0.4, 0.5) is 5.95 Å². The van der Waals surface area contributed by atoms with Crippen molar-refractivity contribution in [2.24, 2.45) is 0 Å². The fraction of sp³-hybridized carbons (Fsp3) is 0. The summed E-state index contributed by atoms with van der Waals surface area (Å²) in [7, 11) is -4.07. The highest BCUT2D eigenvalue weighted by atomic mass is 35.5. The third-order valence-electron chi connectivity index (χ3n) is 1.96. The first-order valence-electron chi connectivity index (χ1n) is 4.72. The number of carboxylic acids is 1. The second kappa shape index (κ2) is 5.11.